The molecule has 0 aliphatic heterocycles. The van der Waals surface area contributed by atoms with Crippen molar-refractivity contribution >= 4 is 45.7 Å². The van der Waals surface area contributed by atoms with Gasteiger partial charge >= 0.3 is 5.97 Å². The minimum Gasteiger partial charge on any atom is -0.452 e. The second-order valence-electron chi connectivity index (χ2n) is 4.28. The second kappa shape index (κ2) is 7.21. The van der Waals surface area contributed by atoms with Crippen LogP contribution in [0.1, 0.15) is 20.7 Å². The number of thiophene rings is 1. The summed E-state index contributed by atoms with van der Waals surface area (Å²) in [6.45, 7) is -0.642. The average Bonchev–Trinajstić information content (AvgIpc) is 2.93. The van der Waals surface area contributed by atoms with Crippen LogP contribution < -0.4 is 11.1 Å². The van der Waals surface area contributed by atoms with Crippen molar-refractivity contribution in [1.29, 1.82) is 0 Å². The van der Waals surface area contributed by atoms with E-state index in [0.29, 0.717) is 0 Å². The van der Waals surface area contributed by atoms with Gasteiger partial charge in [-0.05, 0) is 29.6 Å². The minimum absolute atomic E-state index is 0.133. The molecule has 0 radical (unpaired) electrons. The fraction of sp³-hybridized carbons (Fsp3) is 0.0714. The normalized spacial score (nSPS) is 10.2. The molecule has 0 saturated heterocycles. The number of nitrogens with one attached hydrogen (secondary N) is 1. The van der Waals surface area contributed by atoms with Crippen LogP contribution in [-0.2, 0) is 9.53 Å². The molecule has 9 heteroatoms. The Labute approximate surface area is 139 Å². The molecule has 0 aliphatic rings. The van der Waals surface area contributed by atoms with Gasteiger partial charge in [0, 0.05) is 5.02 Å². The first-order valence-corrected chi connectivity index (χ1v) is 7.43. The maximum atomic E-state index is 13.5. The van der Waals surface area contributed by atoms with Crippen LogP contribution >= 0.6 is 22.9 Å². The number of carbonyl (C=O) groups is 3. The molecule has 0 atom stereocenters. The number of hydrogen-bond donors (Lipinski definition) is 2. The molecule has 0 bridgehead atoms. The molecule has 120 valence electrons. The SMILES string of the molecule is NC(=O)c1ccsc1NC(=O)COC(=O)c1ccc(Cl)cc1F. The Kier molecular flexibility index (Phi) is 5.30. The van der Waals surface area contributed by atoms with Crippen LogP contribution in [0.15, 0.2) is 29.6 Å². The molecule has 0 unspecified atom stereocenters. The van der Waals surface area contributed by atoms with Gasteiger partial charge in [-0.1, -0.05) is 11.6 Å². The number of rotatable bonds is 5. The van der Waals surface area contributed by atoms with Gasteiger partial charge in [0.1, 0.15) is 10.8 Å². The molecule has 0 fully saturated rings. The van der Waals surface area contributed by atoms with Crippen LogP contribution in [0.2, 0.25) is 5.02 Å². The molecule has 2 rings (SSSR count). The van der Waals surface area contributed by atoms with E-state index in [0.717, 1.165) is 23.5 Å². The smallest absolute Gasteiger partial charge is 0.341 e. The van der Waals surface area contributed by atoms with E-state index in [1.165, 1.54) is 12.1 Å². The summed E-state index contributed by atoms with van der Waals surface area (Å²) in [5, 5.41) is 4.34. The van der Waals surface area contributed by atoms with Crippen LogP contribution in [0.5, 0.6) is 0 Å². The Morgan fingerprint density at radius 2 is 2.00 bits per heavy atom. The van der Waals surface area contributed by atoms with Crippen molar-refractivity contribution < 1.29 is 23.5 Å². The molecule has 3 N–H and O–H groups in total. The number of esters is 1. The number of hydrogen-bond acceptors (Lipinski definition) is 5. The number of anilines is 1. The number of nitrogens with two attached hydrogens (primary N) is 1. The monoisotopic (exact) mass is 356 g/mol. The molecule has 2 amide bonds. The molecule has 23 heavy (non-hydrogen) atoms. The van der Waals surface area contributed by atoms with Crippen LogP contribution in [0.25, 0.3) is 0 Å². The van der Waals surface area contributed by atoms with E-state index in [9.17, 15) is 18.8 Å². The van der Waals surface area contributed by atoms with Crippen molar-refractivity contribution in [3.05, 3.63) is 51.6 Å². The molecule has 0 spiro atoms. The number of carbonyl (C=O) groups excluding carboxylic acids is 3. The summed E-state index contributed by atoms with van der Waals surface area (Å²) in [5.74, 6) is -3.23. The molecular weight excluding hydrogens is 347 g/mol. The molecule has 1 aromatic heterocycles. The van der Waals surface area contributed by atoms with Gasteiger partial charge in [0.2, 0.25) is 0 Å². The van der Waals surface area contributed by atoms with Crippen molar-refractivity contribution in [2.45, 2.75) is 0 Å². The summed E-state index contributed by atoms with van der Waals surface area (Å²) in [7, 11) is 0. The maximum absolute atomic E-state index is 13.5. The lowest BCUT2D eigenvalue weighted by molar-refractivity contribution is -0.119. The first kappa shape index (κ1) is 16.9. The highest BCUT2D eigenvalue weighted by Crippen LogP contribution is 2.22. The first-order chi connectivity index (χ1) is 10.9. The molecule has 0 aliphatic carbocycles. The lowest BCUT2D eigenvalue weighted by atomic mass is 10.2. The number of benzene rings is 1. The van der Waals surface area contributed by atoms with Crippen LogP contribution in [0, 0.1) is 5.82 Å². The largest absolute Gasteiger partial charge is 0.452 e. The Balaban J connectivity index is 1.95. The molecular formula is C14H10ClFN2O4S. The van der Waals surface area contributed by atoms with E-state index in [2.05, 4.69) is 5.32 Å². The van der Waals surface area contributed by atoms with Crippen molar-refractivity contribution in [2.75, 3.05) is 11.9 Å². The van der Waals surface area contributed by atoms with E-state index in [1.54, 1.807) is 5.38 Å². The number of amides is 2. The summed E-state index contributed by atoms with van der Waals surface area (Å²) in [6, 6.07) is 4.90. The Bertz CT molecular complexity index is 778. The Morgan fingerprint density at radius 1 is 1.26 bits per heavy atom. The van der Waals surface area contributed by atoms with E-state index in [-0.39, 0.29) is 21.2 Å². The lowest BCUT2D eigenvalue weighted by Gasteiger charge is -2.07. The highest BCUT2D eigenvalue weighted by atomic mass is 35.5. The molecule has 1 aromatic carbocycles. The topological polar surface area (TPSA) is 98.5 Å². The summed E-state index contributed by atoms with van der Waals surface area (Å²) in [5.41, 5.74) is 4.95. The van der Waals surface area contributed by atoms with Gasteiger partial charge in [0.15, 0.2) is 6.61 Å². The molecule has 2 aromatic rings. The number of halogens is 2. The summed E-state index contributed by atoms with van der Waals surface area (Å²) >= 11 is 6.67. The van der Waals surface area contributed by atoms with Gasteiger partial charge in [-0.3, -0.25) is 9.59 Å². The lowest BCUT2D eigenvalue weighted by Crippen LogP contribution is -2.22. The van der Waals surface area contributed by atoms with Crippen LogP contribution in [0.4, 0.5) is 9.39 Å². The third kappa shape index (κ3) is 4.27. The van der Waals surface area contributed by atoms with Crippen LogP contribution in [0.3, 0.4) is 0 Å². The maximum Gasteiger partial charge on any atom is 0.341 e. The van der Waals surface area contributed by atoms with Crippen molar-refractivity contribution in [3.8, 4) is 0 Å². The van der Waals surface area contributed by atoms with Crippen molar-refractivity contribution in [3.63, 3.8) is 0 Å². The van der Waals surface area contributed by atoms with Crippen LogP contribution in [-0.4, -0.2) is 24.4 Å². The zero-order valence-electron chi connectivity index (χ0n) is 11.5. The summed E-state index contributed by atoms with van der Waals surface area (Å²) in [4.78, 5) is 34.5. The minimum atomic E-state index is -1.00. The third-order valence-electron chi connectivity index (χ3n) is 2.67. The highest BCUT2D eigenvalue weighted by molar-refractivity contribution is 7.14. The zero-order chi connectivity index (χ0) is 17.0. The quantitative estimate of drug-likeness (QED) is 0.804. The Morgan fingerprint density at radius 3 is 2.65 bits per heavy atom. The van der Waals surface area contributed by atoms with Gasteiger partial charge in [0.05, 0.1) is 11.1 Å². The van der Waals surface area contributed by atoms with Gasteiger partial charge in [-0.15, -0.1) is 11.3 Å². The van der Waals surface area contributed by atoms with Gasteiger partial charge in [0.25, 0.3) is 11.8 Å². The third-order valence-corrected chi connectivity index (χ3v) is 3.73. The highest BCUT2D eigenvalue weighted by Gasteiger charge is 2.17. The second-order valence-corrected chi connectivity index (χ2v) is 5.63. The number of primary amides is 1. The van der Waals surface area contributed by atoms with Gasteiger partial charge < -0.3 is 15.8 Å². The van der Waals surface area contributed by atoms with Gasteiger partial charge in [-0.2, -0.15) is 0 Å². The predicted molar refractivity (Wildman–Crippen MR) is 83.2 cm³/mol. The van der Waals surface area contributed by atoms with E-state index < -0.39 is 30.2 Å². The first-order valence-electron chi connectivity index (χ1n) is 6.18. The van der Waals surface area contributed by atoms with Crippen molar-refractivity contribution in [1.82, 2.24) is 0 Å². The van der Waals surface area contributed by atoms with E-state index in [4.69, 9.17) is 22.1 Å². The molecule has 6 nitrogen and oxygen atoms in total. The number of ether oxygens (including phenoxy) is 1. The standard InChI is InChI=1S/C14H10ClFN2O4S/c15-7-1-2-8(10(16)5-7)14(21)22-6-11(19)18-13-9(12(17)20)3-4-23-13/h1-5H,6H2,(H2,17,20)(H,18,19). The van der Waals surface area contributed by atoms with E-state index >= 15 is 0 Å². The molecule has 1 heterocycles. The van der Waals surface area contributed by atoms with E-state index in [1.807, 2.05) is 0 Å². The Hall–Kier alpha value is -2.45. The molecule has 0 saturated carbocycles. The fourth-order valence-corrected chi connectivity index (χ4v) is 2.59. The average molecular weight is 357 g/mol. The summed E-state index contributed by atoms with van der Waals surface area (Å²) < 4.78 is 18.3. The fourth-order valence-electron chi connectivity index (χ4n) is 1.63. The predicted octanol–water partition coefficient (Wildman–Crippen LogP) is 2.44. The summed E-state index contributed by atoms with van der Waals surface area (Å²) in [6.07, 6.45) is 0. The zero-order valence-corrected chi connectivity index (χ0v) is 13.0. The van der Waals surface area contributed by atoms with Gasteiger partial charge in [-0.25, -0.2) is 9.18 Å². The van der Waals surface area contributed by atoms with Crippen molar-refractivity contribution in [2.24, 2.45) is 5.73 Å².